The Bertz CT molecular complexity index is 623. The van der Waals surface area contributed by atoms with Crippen LogP contribution >= 0.6 is 0 Å². The van der Waals surface area contributed by atoms with Gasteiger partial charge >= 0.3 is 5.97 Å². The summed E-state index contributed by atoms with van der Waals surface area (Å²) in [6, 6.07) is 5.62. The Morgan fingerprint density at radius 1 is 1.32 bits per heavy atom. The minimum atomic E-state index is -3.70. The number of nitrogens with zero attached hydrogens (tertiary/aromatic N) is 1. The summed E-state index contributed by atoms with van der Waals surface area (Å²) in [6.45, 7) is 2.21. The molecule has 2 aliphatic rings. The smallest absolute Gasteiger partial charge is 0.322 e. The van der Waals surface area contributed by atoms with Crippen LogP contribution in [0.3, 0.4) is 0 Å². The molecular weight excluding hydrogens is 266 g/mol. The van der Waals surface area contributed by atoms with Gasteiger partial charge < -0.3 is 5.11 Å². The van der Waals surface area contributed by atoms with E-state index in [9.17, 15) is 18.3 Å². The predicted molar refractivity (Wildman–Crippen MR) is 68.1 cm³/mol. The van der Waals surface area contributed by atoms with Gasteiger partial charge in [0.2, 0.25) is 10.0 Å². The zero-order valence-electron chi connectivity index (χ0n) is 10.5. The number of sulfonamides is 1. The van der Waals surface area contributed by atoms with Gasteiger partial charge in [-0.2, -0.15) is 4.31 Å². The molecule has 1 aliphatic heterocycles. The third-order valence-corrected chi connectivity index (χ3v) is 5.85. The third-order valence-electron chi connectivity index (χ3n) is 3.99. The van der Waals surface area contributed by atoms with Gasteiger partial charge in [-0.05, 0) is 37.3 Å². The van der Waals surface area contributed by atoms with Crippen molar-refractivity contribution in [3.05, 3.63) is 29.8 Å². The normalized spacial score (nSPS) is 30.1. The summed E-state index contributed by atoms with van der Waals surface area (Å²) in [5, 5.41) is 9.23. The van der Waals surface area contributed by atoms with Crippen LogP contribution in [-0.4, -0.2) is 36.4 Å². The van der Waals surface area contributed by atoms with E-state index in [1.807, 2.05) is 6.92 Å². The molecule has 1 saturated heterocycles. The van der Waals surface area contributed by atoms with Crippen LogP contribution in [0.5, 0.6) is 0 Å². The average molecular weight is 281 g/mol. The predicted octanol–water partition coefficient (Wildman–Crippen LogP) is 1.09. The molecule has 1 aliphatic carbocycles. The first kappa shape index (κ1) is 12.6. The van der Waals surface area contributed by atoms with E-state index < -0.39 is 22.0 Å². The lowest BCUT2D eigenvalue weighted by molar-refractivity contribution is -0.141. The molecule has 1 heterocycles. The van der Waals surface area contributed by atoms with Gasteiger partial charge in [-0.1, -0.05) is 17.7 Å². The maximum atomic E-state index is 12.5. The van der Waals surface area contributed by atoms with Gasteiger partial charge in [0.05, 0.1) is 4.90 Å². The summed E-state index contributed by atoms with van der Waals surface area (Å²) in [5.74, 6) is -0.820. The highest BCUT2D eigenvalue weighted by Crippen LogP contribution is 2.51. The molecule has 102 valence electrons. The maximum absolute atomic E-state index is 12.5. The lowest BCUT2D eigenvalue weighted by Gasteiger charge is -2.23. The molecule has 6 heteroatoms. The first-order chi connectivity index (χ1) is 8.91. The Morgan fingerprint density at radius 2 is 1.95 bits per heavy atom. The minimum absolute atomic E-state index is 0.00211. The van der Waals surface area contributed by atoms with Crippen molar-refractivity contribution in [3.63, 3.8) is 0 Å². The number of carboxylic acid groups (broad SMARTS) is 1. The van der Waals surface area contributed by atoms with Gasteiger partial charge in [0.25, 0.3) is 0 Å². The molecule has 0 aromatic heterocycles. The lowest BCUT2D eigenvalue weighted by atomic mass is 10.2. The van der Waals surface area contributed by atoms with E-state index in [1.165, 1.54) is 12.1 Å². The van der Waals surface area contributed by atoms with E-state index in [4.69, 9.17) is 0 Å². The van der Waals surface area contributed by atoms with Gasteiger partial charge in [-0.3, -0.25) is 4.79 Å². The number of aryl methyl sites for hydroxylation is 1. The quantitative estimate of drug-likeness (QED) is 0.900. The number of aliphatic carboxylic acids is 1. The summed E-state index contributed by atoms with van der Waals surface area (Å²) in [6.07, 6.45) is 0.830. The molecule has 1 saturated carbocycles. The molecule has 5 nitrogen and oxygen atoms in total. The van der Waals surface area contributed by atoms with Crippen molar-refractivity contribution >= 4 is 16.0 Å². The minimum Gasteiger partial charge on any atom is -0.480 e. The number of piperidine rings is 1. The van der Waals surface area contributed by atoms with Crippen LogP contribution in [0.2, 0.25) is 0 Å². The molecule has 3 rings (SSSR count). The van der Waals surface area contributed by atoms with E-state index in [2.05, 4.69) is 0 Å². The van der Waals surface area contributed by atoms with Gasteiger partial charge in [0.1, 0.15) is 6.04 Å². The Morgan fingerprint density at radius 3 is 2.53 bits per heavy atom. The van der Waals surface area contributed by atoms with Crippen LogP contribution in [0.15, 0.2) is 29.2 Å². The topological polar surface area (TPSA) is 74.7 Å². The first-order valence-corrected chi connectivity index (χ1v) is 7.66. The average Bonchev–Trinajstić information content (AvgIpc) is 2.99. The molecule has 19 heavy (non-hydrogen) atoms. The summed E-state index contributed by atoms with van der Waals surface area (Å²) in [5.41, 5.74) is 0.970. The maximum Gasteiger partial charge on any atom is 0.322 e. The van der Waals surface area contributed by atoms with Crippen molar-refractivity contribution in [1.82, 2.24) is 4.31 Å². The van der Waals surface area contributed by atoms with Gasteiger partial charge in [0.15, 0.2) is 0 Å². The highest BCUT2D eigenvalue weighted by atomic mass is 32.2. The van der Waals surface area contributed by atoms with Gasteiger partial charge in [0, 0.05) is 6.54 Å². The van der Waals surface area contributed by atoms with Crippen molar-refractivity contribution < 1.29 is 18.3 Å². The molecule has 1 aromatic carbocycles. The monoisotopic (exact) mass is 281 g/mol. The highest BCUT2D eigenvalue weighted by molar-refractivity contribution is 7.89. The van der Waals surface area contributed by atoms with Crippen molar-refractivity contribution in [3.8, 4) is 0 Å². The number of benzene rings is 1. The SMILES string of the molecule is Cc1ccc(S(=O)(=O)N2C[C@@H]3C[C@H]3[C@H]2C(=O)O)cc1. The molecule has 0 radical (unpaired) electrons. The lowest BCUT2D eigenvalue weighted by Crippen LogP contribution is -2.43. The second kappa shape index (κ2) is 4.05. The summed E-state index contributed by atoms with van der Waals surface area (Å²) in [7, 11) is -3.70. The zero-order chi connectivity index (χ0) is 13.8. The third kappa shape index (κ3) is 1.95. The fourth-order valence-electron chi connectivity index (χ4n) is 2.83. The standard InChI is InChI=1S/C13H15NO4S/c1-8-2-4-10(5-3-8)19(17,18)14-7-9-6-11(9)12(14)13(15)16/h2-5,9,11-12H,6-7H2,1H3,(H,15,16)/t9-,11+,12-/m0/s1. The fraction of sp³-hybridized carbons (Fsp3) is 0.462. The Balaban J connectivity index is 1.96. The molecule has 1 N–H and O–H groups in total. The molecule has 2 fully saturated rings. The van der Waals surface area contributed by atoms with Crippen LogP contribution in [0.4, 0.5) is 0 Å². The number of hydrogen-bond acceptors (Lipinski definition) is 3. The first-order valence-electron chi connectivity index (χ1n) is 6.22. The Labute approximate surface area is 111 Å². The largest absolute Gasteiger partial charge is 0.480 e. The van der Waals surface area contributed by atoms with E-state index in [-0.39, 0.29) is 16.7 Å². The molecule has 1 aromatic rings. The molecule has 0 unspecified atom stereocenters. The molecule has 0 bridgehead atoms. The number of fused-ring (bicyclic) bond motifs is 1. The Hall–Kier alpha value is -1.40. The van der Waals surface area contributed by atoms with Crippen LogP contribution in [0, 0.1) is 18.8 Å². The molecule has 3 atom stereocenters. The van der Waals surface area contributed by atoms with Crippen LogP contribution in [-0.2, 0) is 14.8 Å². The van der Waals surface area contributed by atoms with Crippen LogP contribution in [0.1, 0.15) is 12.0 Å². The van der Waals surface area contributed by atoms with Crippen LogP contribution < -0.4 is 0 Å². The second-order valence-electron chi connectivity index (χ2n) is 5.33. The molecular formula is C13H15NO4S. The van der Waals surface area contributed by atoms with E-state index in [1.54, 1.807) is 12.1 Å². The second-order valence-corrected chi connectivity index (χ2v) is 7.22. The number of rotatable bonds is 3. The van der Waals surface area contributed by atoms with Crippen molar-refractivity contribution in [2.75, 3.05) is 6.54 Å². The molecule has 0 amide bonds. The summed E-state index contributed by atoms with van der Waals surface area (Å²) < 4.78 is 26.1. The summed E-state index contributed by atoms with van der Waals surface area (Å²) >= 11 is 0. The Kier molecular flexibility index (Phi) is 2.69. The zero-order valence-corrected chi connectivity index (χ0v) is 11.3. The van der Waals surface area contributed by atoms with Crippen molar-refractivity contribution in [1.29, 1.82) is 0 Å². The van der Waals surface area contributed by atoms with Crippen molar-refractivity contribution in [2.24, 2.45) is 11.8 Å². The van der Waals surface area contributed by atoms with E-state index in [0.29, 0.717) is 6.54 Å². The number of carboxylic acids is 1. The van der Waals surface area contributed by atoms with Gasteiger partial charge in [-0.25, -0.2) is 8.42 Å². The number of hydrogen-bond donors (Lipinski definition) is 1. The van der Waals surface area contributed by atoms with E-state index >= 15 is 0 Å². The van der Waals surface area contributed by atoms with Crippen molar-refractivity contribution in [2.45, 2.75) is 24.3 Å². The van der Waals surface area contributed by atoms with Crippen LogP contribution in [0.25, 0.3) is 0 Å². The highest BCUT2D eigenvalue weighted by Gasteiger charge is 2.59. The van der Waals surface area contributed by atoms with Gasteiger partial charge in [-0.15, -0.1) is 0 Å². The van der Waals surface area contributed by atoms with E-state index in [0.717, 1.165) is 16.3 Å². The number of carbonyl (C=O) groups is 1. The summed E-state index contributed by atoms with van der Waals surface area (Å²) in [4.78, 5) is 11.4. The fourth-order valence-corrected chi connectivity index (χ4v) is 4.51. The molecule has 0 spiro atoms.